The largest absolute Gasteiger partial charge is 0.508 e. The van der Waals surface area contributed by atoms with Crippen molar-refractivity contribution in [3.8, 4) is 11.5 Å². The highest BCUT2D eigenvalue weighted by Crippen LogP contribution is 2.29. The highest BCUT2D eigenvalue weighted by atomic mass is 16.3. The molecule has 2 aromatic carbocycles. The highest BCUT2D eigenvalue weighted by molar-refractivity contribution is 5.73. The Morgan fingerprint density at radius 3 is 2.45 bits per heavy atom. The van der Waals surface area contributed by atoms with Gasteiger partial charge in [-0.1, -0.05) is 54.1 Å². The Balaban J connectivity index is 2.35. The van der Waals surface area contributed by atoms with Crippen molar-refractivity contribution in [2.24, 2.45) is 0 Å². The first-order chi connectivity index (χ1) is 10.6. The third-order valence-corrected chi connectivity index (χ3v) is 3.40. The van der Waals surface area contributed by atoms with Gasteiger partial charge in [0.1, 0.15) is 11.5 Å². The monoisotopic (exact) mass is 296 g/mol. The molecule has 0 unspecified atom stereocenters. The molecule has 0 aliphatic heterocycles. The molecule has 0 aromatic heterocycles. The van der Waals surface area contributed by atoms with E-state index in [1.807, 2.05) is 55.5 Å². The molecule has 3 nitrogen and oxygen atoms in total. The van der Waals surface area contributed by atoms with Gasteiger partial charge in [0.05, 0.1) is 6.61 Å². The molecule has 22 heavy (non-hydrogen) atoms. The van der Waals surface area contributed by atoms with Crippen LogP contribution < -0.4 is 0 Å². The maximum atomic E-state index is 10.1. The van der Waals surface area contributed by atoms with Crippen molar-refractivity contribution in [2.75, 3.05) is 6.61 Å². The van der Waals surface area contributed by atoms with E-state index in [2.05, 4.69) is 0 Å². The van der Waals surface area contributed by atoms with E-state index >= 15 is 0 Å². The van der Waals surface area contributed by atoms with Gasteiger partial charge in [-0.15, -0.1) is 0 Å². The summed E-state index contributed by atoms with van der Waals surface area (Å²) in [6.45, 7) is 1.82. The zero-order valence-corrected chi connectivity index (χ0v) is 12.5. The molecular formula is C19H20O3. The third-order valence-electron chi connectivity index (χ3n) is 3.40. The molecule has 3 heteroatoms. The van der Waals surface area contributed by atoms with Crippen LogP contribution in [0.3, 0.4) is 0 Å². The molecule has 0 atom stereocenters. The Kier molecular flexibility index (Phi) is 5.39. The van der Waals surface area contributed by atoms with Gasteiger partial charge in [0.2, 0.25) is 0 Å². The second-order valence-corrected chi connectivity index (χ2v) is 5.19. The van der Waals surface area contributed by atoms with Crippen molar-refractivity contribution in [1.29, 1.82) is 0 Å². The van der Waals surface area contributed by atoms with Crippen LogP contribution in [-0.2, 0) is 6.42 Å². The number of rotatable bonds is 5. The molecule has 0 aliphatic carbocycles. The summed E-state index contributed by atoms with van der Waals surface area (Å²) in [6, 6.07) is 12.8. The van der Waals surface area contributed by atoms with Crippen LogP contribution in [-0.4, -0.2) is 21.9 Å². The number of aliphatic hydroxyl groups excluding tert-OH is 1. The minimum atomic E-state index is -0.00592. The summed E-state index contributed by atoms with van der Waals surface area (Å²) in [5.74, 6) is 0.0755. The molecule has 0 aliphatic rings. The molecule has 0 heterocycles. The van der Waals surface area contributed by atoms with Crippen LogP contribution >= 0.6 is 0 Å². The van der Waals surface area contributed by atoms with E-state index in [4.69, 9.17) is 5.11 Å². The average Bonchev–Trinajstić information content (AvgIpc) is 2.52. The number of phenolic OH excluding ortho intramolecular Hbond substituents is 2. The molecule has 3 N–H and O–H groups in total. The number of hydrogen-bond donors (Lipinski definition) is 3. The van der Waals surface area contributed by atoms with Crippen LogP contribution in [0.5, 0.6) is 11.5 Å². The second-order valence-electron chi connectivity index (χ2n) is 5.19. The van der Waals surface area contributed by atoms with Gasteiger partial charge < -0.3 is 15.3 Å². The van der Waals surface area contributed by atoms with E-state index in [0.717, 1.165) is 22.3 Å². The maximum Gasteiger partial charge on any atom is 0.123 e. The summed E-state index contributed by atoms with van der Waals surface area (Å²) >= 11 is 0. The molecular weight excluding hydrogens is 276 g/mol. The topological polar surface area (TPSA) is 60.7 Å². The summed E-state index contributed by atoms with van der Waals surface area (Å²) < 4.78 is 0. The second kappa shape index (κ2) is 7.48. The van der Waals surface area contributed by atoms with Gasteiger partial charge in [-0.25, -0.2) is 0 Å². The summed E-state index contributed by atoms with van der Waals surface area (Å²) in [4.78, 5) is 0. The molecule has 0 radical (unpaired) electrons. The number of benzene rings is 2. The minimum Gasteiger partial charge on any atom is -0.508 e. The summed E-state index contributed by atoms with van der Waals surface area (Å²) in [5.41, 5.74) is 3.35. The summed E-state index contributed by atoms with van der Waals surface area (Å²) in [5, 5.41) is 28.8. The number of phenols is 2. The van der Waals surface area contributed by atoms with Crippen molar-refractivity contribution >= 4 is 12.2 Å². The van der Waals surface area contributed by atoms with Crippen molar-refractivity contribution in [1.82, 2.24) is 0 Å². The number of allylic oxidation sites excluding steroid dienone is 1. The fourth-order valence-electron chi connectivity index (χ4n) is 2.13. The first-order valence-electron chi connectivity index (χ1n) is 7.14. The highest BCUT2D eigenvalue weighted by Gasteiger charge is 2.07. The van der Waals surface area contributed by atoms with Gasteiger partial charge in [-0.3, -0.25) is 0 Å². The standard InChI is InChI=1S/C19H20O3/c1-14(13-20)7-10-18-16(11-17(21)12-19(18)22)9-8-15-5-3-2-4-6-15/h2-9,11-12,20-22H,10,13H2,1H3/b9-8+,14-7+. The Labute approximate surface area is 130 Å². The zero-order valence-electron chi connectivity index (χ0n) is 12.5. The fourth-order valence-corrected chi connectivity index (χ4v) is 2.13. The lowest BCUT2D eigenvalue weighted by molar-refractivity contribution is 0.331. The lowest BCUT2D eigenvalue weighted by Gasteiger charge is -2.08. The molecule has 2 rings (SSSR count). The summed E-state index contributed by atoms with van der Waals surface area (Å²) in [7, 11) is 0. The molecule has 0 saturated carbocycles. The Hall–Kier alpha value is -2.52. The van der Waals surface area contributed by atoms with Gasteiger partial charge in [0.25, 0.3) is 0 Å². The molecule has 0 fully saturated rings. The smallest absolute Gasteiger partial charge is 0.123 e. The van der Waals surface area contributed by atoms with E-state index < -0.39 is 0 Å². The SMILES string of the molecule is C/C(=C\Cc1c(O)cc(O)cc1/C=C/c1ccccc1)CO. The molecule has 0 saturated heterocycles. The van der Waals surface area contributed by atoms with Gasteiger partial charge in [0, 0.05) is 11.6 Å². The normalized spacial score (nSPS) is 12.0. The van der Waals surface area contributed by atoms with Crippen molar-refractivity contribution in [2.45, 2.75) is 13.3 Å². The molecule has 0 spiro atoms. The predicted octanol–water partition coefficient (Wildman–Crippen LogP) is 3.75. The molecule has 0 bridgehead atoms. The summed E-state index contributed by atoms with van der Waals surface area (Å²) in [6.07, 6.45) is 6.16. The fraction of sp³-hybridized carbons (Fsp3) is 0.158. The Morgan fingerprint density at radius 1 is 1.05 bits per heavy atom. The van der Waals surface area contributed by atoms with Crippen molar-refractivity contribution in [3.63, 3.8) is 0 Å². The lowest BCUT2D eigenvalue weighted by atomic mass is 10.00. The zero-order chi connectivity index (χ0) is 15.9. The minimum absolute atomic E-state index is 0.00592. The quantitative estimate of drug-likeness (QED) is 0.581. The van der Waals surface area contributed by atoms with E-state index in [-0.39, 0.29) is 18.1 Å². The van der Waals surface area contributed by atoms with E-state index in [1.54, 1.807) is 6.07 Å². The number of aliphatic hydroxyl groups is 1. The van der Waals surface area contributed by atoms with Crippen LogP contribution in [0.1, 0.15) is 23.6 Å². The van der Waals surface area contributed by atoms with Crippen LogP contribution in [0.15, 0.2) is 54.1 Å². The van der Waals surface area contributed by atoms with Gasteiger partial charge in [-0.2, -0.15) is 0 Å². The van der Waals surface area contributed by atoms with Crippen LogP contribution in [0.2, 0.25) is 0 Å². The van der Waals surface area contributed by atoms with Gasteiger partial charge >= 0.3 is 0 Å². The predicted molar refractivity (Wildman–Crippen MR) is 89.7 cm³/mol. The average molecular weight is 296 g/mol. The van der Waals surface area contributed by atoms with Gasteiger partial charge in [-0.05, 0) is 30.5 Å². The van der Waals surface area contributed by atoms with Crippen LogP contribution in [0.4, 0.5) is 0 Å². The van der Waals surface area contributed by atoms with E-state index in [0.29, 0.717) is 6.42 Å². The molecule has 2 aromatic rings. The maximum absolute atomic E-state index is 10.1. The molecule has 0 amide bonds. The van der Waals surface area contributed by atoms with Gasteiger partial charge in [0.15, 0.2) is 0 Å². The van der Waals surface area contributed by atoms with E-state index in [9.17, 15) is 10.2 Å². The third kappa shape index (κ3) is 4.24. The van der Waals surface area contributed by atoms with Crippen molar-refractivity contribution < 1.29 is 15.3 Å². The Bertz CT molecular complexity index is 685. The molecule has 114 valence electrons. The van der Waals surface area contributed by atoms with Crippen molar-refractivity contribution in [3.05, 3.63) is 70.8 Å². The van der Waals surface area contributed by atoms with E-state index in [1.165, 1.54) is 6.07 Å². The van der Waals surface area contributed by atoms with Crippen LogP contribution in [0.25, 0.3) is 12.2 Å². The number of aromatic hydroxyl groups is 2. The lowest BCUT2D eigenvalue weighted by Crippen LogP contribution is -1.91. The first-order valence-corrected chi connectivity index (χ1v) is 7.14. The number of hydrogen-bond acceptors (Lipinski definition) is 3. The van der Waals surface area contributed by atoms with Crippen LogP contribution in [0, 0.1) is 0 Å². The Morgan fingerprint density at radius 2 is 1.77 bits per heavy atom. The first kappa shape index (κ1) is 15.9.